The number of aromatic nitrogens is 3. The van der Waals surface area contributed by atoms with Crippen LogP contribution in [0, 0.1) is 6.92 Å². The largest absolute Gasteiger partial charge is 0.277 e. The van der Waals surface area contributed by atoms with Crippen molar-refractivity contribution >= 4 is 26.8 Å². The molecule has 1 N–H and O–H groups in total. The summed E-state index contributed by atoms with van der Waals surface area (Å²) in [5.41, 5.74) is 6.55. The molecule has 0 spiro atoms. The molecule has 112 valence electrons. The predicted octanol–water partition coefficient (Wildman–Crippen LogP) is 5.36. The quantitative estimate of drug-likeness (QED) is 0.520. The molecule has 0 radical (unpaired) electrons. The molecule has 0 fully saturated rings. The highest BCUT2D eigenvalue weighted by atomic mass is 79.9. The molecule has 4 heteroatoms. The molecule has 0 saturated carbocycles. The standard InChI is InChI=1S/C19H14BrN3/c1-12-5-6-16-15(7-8-21-18(16)9-12)17-11-22-23-19(17)13-3-2-4-14(20)10-13/h2-11H,1H3,(H,22,23). The Hall–Kier alpha value is -2.46. The van der Waals surface area contributed by atoms with Gasteiger partial charge in [-0.2, -0.15) is 5.10 Å². The van der Waals surface area contributed by atoms with E-state index >= 15 is 0 Å². The second kappa shape index (κ2) is 5.63. The van der Waals surface area contributed by atoms with Crippen LogP contribution in [0.15, 0.2) is 65.4 Å². The number of benzene rings is 2. The summed E-state index contributed by atoms with van der Waals surface area (Å²) in [6, 6.07) is 16.6. The first-order chi connectivity index (χ1) is 11.2. The molecule has 0 unspecified atom stereocenters. The van der Waals surface area contributed by atoms with Gasteiger partial charge in [-0.3, -0.25) is 10.1 Å². The van der Waals surface area contributed by atoms with E-state index in [0.29, 0.717) is 0 Å². The van der Waals surface area contributed by atoms with Crippen molar-refractivity contribution in [2.45, 2.75) is 6.92 Å². The second-order valence-electron chi connectivity index (χ2n) is 5.55. The summed E-state index contributed by atoms with van der Waals surface area (Å²) in [6.07, 6.45) is 3.74. The van der Waals surface area contributed by atoms with Crippen LogP contribution < -0.4 is 0 Å². The third-order valence-corrected chi connectivity index (χ3v) is 4.43. The molecular weight excluding hydrogens is 350 g/mol. The summed E-state index contributed by atoms with van der Waals surface area (Å²) in [4.78, 5) is 4.49. The normalized spacial score (nSPS) is 11.0. The monoisotopic (exact) mass is 363 g/mol. The van der Waals surface area contributed by atoms with Gasteiger partial charge in [0.15, 0.2) is 0 Å². The third-order valence-electron chi connectivity index (χ3n) is 3.94. The van der Waals surface area contributed by atoms with E-state index in [0.717, 1.165) is 37.8 Å². The number of hydrogen-bond acceptors (Lipinski definition) is 2. The fraction of sp³-hybridized carbons (Fsp3) is 0.0526. The molecule has 0 aliphatic carbocycles. The maximum atomic E-state index is 4.49. The maximum absolute atomic E-state index is 4.49. The number of nitrogens with zero attached hydrogens (tertiary/aromatic N) is 2. The lowest BCUT2D eigenvalue weighted by atomic mass is 9.98. The maximum Gasteiger partial charge on any atom is 0.0729 e. The van der Waals surface area contributed by atoms with Crippen LogP contribution in [-0.2, 0) is 0 Å². The first kappa shape index (κ1) is 14.2. The number of nitrogens with one attached hydrogen (secondary N) is 1. The molecule has 0 atom stereocenters. The number of H-pyrrole nitrogens is 1. The van der Waals surface area contributed by atoms with Crippen molar-refractivity contribution in [3.05, 3.63) is 71.0 Å². The third kappa shape index (κ3) is 2.55. The van der Waals surface area contributed by atoms with Gasteiger partial charge >= 0.3 is 0 Å². The van der Waals surface area contributed by atoms with Gasteiger partial charge in [0.1, 0.15) is 0 Å². The Labute approximate surface area is 142 Å². The Morgan fingerprint density at radius 2 is 1.91 bits per heavy atom. The van der Waals surface area contributed by atoms with Gasteiger partial charge in [0.05, 0.1) is 17.4 Å². The van der Waals surface area contributed by atoms with Crippen LogP contribution in [0.2, 0.25) is 0 Å². The topological polar surface area (TPSA) is 41.6 Å². The lowest BCUT2D eigenvalue weighted by Crippen LogP contribution is -1.87. The molecule has 23 heavy (non-hydrogen) atoms. The van der Waals surface area contributed by atoms with Crippen molar-refractivity contribution in [3.8, 4) is 22.4 Å². The first-order valence-electron chi connectivity index (χ1n) is 7.37. The molecule has 0 aliphatic heterocycles. The smallest absolute Gasteiger partial charge is 0.0729 e. The molecule has 0 bridgehead atoms. The molecule has 0 saturated heterocycles. The van der Waals surface area contributed by atoms with E-state index in [1.807, 2.05) is 30.6 Å². The molecule has 2 heterocycles. The lowest BCUT2D eigenvalue weighted by molar-refractivity contribution is 1.10. The molecule has 4 aromatic rings. The van der Waals surface area contributed by atoms with Crippen LogP contribution in [0.3, 0.4) is 0 Å². The Kier molecular flexibility index (Phi) is 3.46. The number of aromatic amines is 1. The van der Waals surface area contributed by atoms with E-state index in [4.69, 9.17) is 0 Å². The minimum Gasteiger partial charge on any atom is -0.277 e. The number of aryl methyl sites for hydroxylation is 1. The zero-order chi connectivity index (χ0) is 15.8. The summed E-state index contributed by atoms with van der Waals surface area (Å²) in [7, 11) is 0. The van der Waals surface area contributed by atoms with E-state index in [2.05, 4.69) is 68.4 Å². The Morgan fingerprint density at radius 3 is 2.78 bits per heavy atom. The van der Waals surface area contributed by atoms with Crippen molar-refractivity contribution in [1.82, 2.24) is 15.2 Å². The van der Waals surface area contributed by atoms with Crippen LogP contribution in [0.4, 0.5) is 0 Å². The van der Waals surface area contributed by atoms with E-state index < -0.39 is 0 Å². The second-order valence-corrected chi connectivity index (χ2v) is 6.46. The zero-order valence-electron chi connectivity index (χ0n) is 12.5. The molecule has 2 aromatic carbocycles. The molecular formula is C19H14BrN3. The van der Waals surface area contributed by atoms with E-state index in [1.165, 1.54) is 5.56 Å². The summed E-state index contributed by atoms with van der Waals surface area (Å²) in [5, 5.41) is 8.54. The summed E-state index contributed by atoms with van der Waals surface area (Å²) in [6.45, 7) is 2.08. The number of halogens is 1. The first-order valence-corrected chi connectivity index (χ1v) is 8.17. The number of fused-ring (bicyclic) bond motifs is 1. The predicted molar refractivity (Wildman–Crippen MR) is 97.2 cm³/mol. The fourth-order valence-corrected chi connectivity index (χ4v) is 3.25. The van der Waals surface area contributed by atoms with Gasteiger partial charge in [0, 0.05) is 27.2 Å². The van der Waals surface area contributed by atoms with Crippen molar-refractivity contribution in [2.24, 2.45) is 0 Å². The minimum absolute atomic E-state index is 1.00. The summed E-state index contributed by atoms with van der Waals surface area (Å²) >= 11 is 3.53. The fourth-order valence-electron chi connectivity index (χ4n) is 2.85. The van der Waals surface area contributed by atoms with Crippen molar-refractivity contribution in [1.29, 1.82) is 0 Å². The summed E-state index contributed by atoms with van der Waals surface area (Å²) < 4.78 is 1.05. The average molecular weight is 364 g/mol. The molecule has 2 aromatic heterocycles. The van der Waals surface area contributed by atoms with Crippen LogP contribution >= 0.6 is 15.9 Å². The number of pyridine rings is 1. The van der Waals surface area contributed by atoms with Crippen molar-refractivity contribution < 1.29 is 0 Å². The number of rotatable bonds is 2. The molecule has 0 amide bonds. The Balaban J connectivity index is 1.95. The Morgan fingerprint density at radius 1 is 1.00 bits per heavy atom. The van der Waals surface area contributed by atoms with Gasteiger partial charge in [-0.25, -0.2) is 0 Å². The molecule has 0 aliphatic rings. The van der Waals surface area contributed by atoms with Crippen molar-refractivity contribution in [3.63, 3.8) is 0 Å². The van der Waals surface area contributed by atoms with Gasteiger partial charge < -0.3 is 0 Å². The van der Waals surface area contributed by atoms with Crippen molar-refractivity contribution in [2.75, 3.05) is 0 Å². The lowest BCUT2D eigenvalue weighted by Gasteiger charge is -2.08. The highest BCUT2D eigenvalue weighted by molar-refractivity contribution is 9.10. The highest BCUT2D eigenvalue weighted by Crippen LogP contribution is 2.35. The van der Waals surface area contributed by atoms with E-state index in [9.17, 15) is 0 Å². The van der Waals surface area contributed by atoms with E-state index in [1.54, 1.807) is 0 Å². The van der Waals surface area contributed by atoms with Crippen LogP contribution in [0.1, 0.15) is 5.56 Å². The Bertz CT molecular complexity index is 1000. The van der Waals surface area contributed by atoms with Gasteiger partial charge in [-0.05, 0) is 42.3 Å². The van der Waals surface area contributed by atoms with Gasteiger partial charge in [-0.15, -0.1) is 0 Å². The minimum atomic E-state index is 1.00. The summed E-state index contributed by atoms with van der Waals surface area (Å²) in [5.74, 6) is 0. The number of hydrogen-bond donors (Lipinski definition) is 1. The van der Waals surface area contributed by atoms with E-state index in [-0.39, 0.29) is 0 Å². The molecule has 4 rings (SSSR count). The SMILES string of the molecule is Cc1ccc2c(-c3cn[nH]c3-c3cccc(Br)c3)ccnc2c1. The molecule has 3 nitrogen and oxygen atoms in total. The zero-order valence-corrected chi connectivity index (χ0v) is 14.1. The highest BCUT2D eigenvalue weighted by Gasteiger charge is 2.13. The van der Waals surface area contributed by atoms with Gasteiger partial charge in [0.2, 0.25) is 0 Å². The van der Waals surface area contributed by atoms with Gasteiger partial charge in [0.25, 0.3) is 0 Å². The van der Waals surface area contributed by atoms with Gasteiger partial charge in [-0.1, -0.05) is 40.2 Å². The van der Waals surface area contributed by atoms with Crippen LogP contribution in [0.25, 0.3) is 33.3 Å². The van der Waals surface area contributed by atoms with Crippen LogP contribution in [0.5, 0.6) is 0 Å². The van der Waals surface area contributed by atoms with Crippen LogP contribution in [-0.4, -0.2) is 15.2 Å². The average Bonchev–Trinajstić information content (AvgIpc) is 3.03.